The van der Waals surface area contributed by atoms with Gasteiger partial charge >= 0.3 is 0 Å². The van der Waals surface area contributed by atoms with E-state index < -0.39 is 0 Å². The highest BCUT2D eigenvalue weighted by Crippen LogP contribution is 2.25. The van der Waals surface area contributed by atoms with Gasteiger partial charge < -0.3 is 16.3 Å². The molecule has 4 nitrogen and oxygen atoms in total. The van der Waals surface area contributed by atoms with Crippen LogP contribution in [0.4, 0.5) is 0 Å². The molecule has 4 heteroatoms. The number of amidine groups is 1. The molecule has 0 unspecified atom stereocenters. The first kappa shape index (κ1) is 16.3. The summed E-state index contributed by atoms with van der Waals surface area (Å²) in [5.74, 6) is 1.28. The Hall–Kier alpha value is -0.770. The fourth-order valence-electron chi connectivity index (χ4n) is 2.83. The first-order chi connectivity index (χ1) is 9.06. The number of nitrogens with zero attached hydrogens (tertiary/aromatic N) is 1. The van der Waals surface area contributed by atoms with Gasteiger partial charge in [0.15, 0.2) is 0 Å². The number of oxime groups is 1. The Morgan fingerprint density at radius 1 is 1.26 bits per heavy atom. The maximum atomic E-state index is 8.70. The molecule has 0 aromatic carbocycles. The Balaban J connectivity index is 2.01. The van der Waals surface area contributed by atoms with E-state index in [1.807, 2.05) is 13.8 Å². The van der Waals surface area contributed by atoms with Crippen molar-refractivity contribution in [2.45, 2.75) is 65.2 Å². The van der Waals surface area contributed by atoms with E-state index in [1.165, 1.54) is 38.5 Å². The van der Waals surface area contributed by atoms with E-state index in [4.69, 9.17) is 10.9 Å². The molecule has 1 saturated carbocycles. The number of hydrogen-bond acceptors (Lipinski definition) is 3. The third-order valence-electron chi connectivity index (χ3n) is 4.41. The lowest BCUT2D eigenvalue weighted by atomic mass is 9.86. The highest BCUT2D eigenvalue weighted by atomic mass is 16.4. The molecule has 0 heterocycles. The lowest BCUT2D eigenvalue weighted by Gasteiger charge is -2.23. The second kappa shape index (κ2) is 8.41. The minimum absolute atomic E-state index is 0.209. The van der Waals surface area contributed by atoms with Crippen LogP contribution in [0.1, 0.15) is 65.2 Å². The van der Waals surface area contributed by atoms with Crippen LogP contribution in [-0.2, 0) is 0 Å². The Morgan fingerprint density at radius 2 is 1.95 bits per heavy atom. The van der Waals surface area contributed by atoms with Crippen molar-refractivity contribution < 1.29 is 5.21 Å². The summed E-state index contributed by atoms with van der Waals surface area (Å²) in [6.07, 6.45) is 10.5. The standard InChI is InChI=1S/C15H31N3O/c1-15(2,14(16)18-19)10-6-11-17-12-9-13-7-4-3-5-8-13/h13,17,19H,3-12H2,1-2H3,(H2,16,18). The largest absolute Gasteiger partial charge is 0.409 e. The van der Waals surface area contributed by atoms with Crippen LogP contribution < -0.4 is 11.1 Å². The van der Waals surface area contributed by atoms with Crippen LogP contribution in [0, 0.1) is 11.3 Å². The predicted molar refractivity (Wildman–Crippen MR) is 80.5 cm³/mol. The molecule has 0 aliphatic heterocycles. The summed E-state index contributed by atoms with van der Waals surface area (Å²) in [5, 5.41) is 15.3. The van der Waals surface area contributed by atoms with Crippen LogP contribution in [0.2, 0.25) is 0 Å². The van der Waals surface area contributed by atoms with Crippen molar-refractivity contribution in [3.8, 4) is 0 Å². The molecule has 0 radical (unpaired) electrons. The first-order valence-electron chi connectivity index (χ1n) is 7.75. The molecule has 4 N–H and O–H groups in total. The van der Waals surface area contributed by atoms with Crippen molar-refractivity contribution >= 4 is 5.84 Å². The Bertz CT molecular complexity index is 271. The van der Waals surface area contributed by atoms with Crippen molar-refractivity contribution in [1.82, 2.24) is 5.32 Å². The average Bonchev–Trinajstić information content (AvgIpc) is 2.42. The molecule has 1 rings (SSSR count). The van der Waals surface area contributed by atoms with Crippen molar-refractivity contribution in [2.75, 3.05) is 13.1 Å². The van der Waals surface area contributed by atoms with Crippen LogP contribution in [0.15, 0.2) is 5.16 Å². The third kappa shape index (κ3) is 6.28. The van der Waals surface area contributed by atoms with Crippen LogP contribution in [0.5, 0.6) is 0 Å². The first-order valence-corrected chi connectivity index (χ1v) is 7.75. The second-order valence-corrected chi connectivity index (χ2v) is 6.52. The molecule has 112 valence electrons. The Labute approximate surface area is 117 Å². The van der Waals surface area contributed by atoms with Gasteiger partial charge in [-0.05, 0) is 38.3 Å². The van der Waals surface area contributed by atoms with Gasteiger partial charge in [-0.3, -0.25) is 0 Å². The monoisotopic (exact) mass is 269 g/mol. The molecular formula is C15H31N3O. The quantitative estimate of drug-likeness (QED) is 0.208. The summed E-state index contributed by atoms with van der Waals surface area (Å²) >= 11 is 0. The number of hydrogen-bond donors (Lipinski definition) is 3. The van der Waals surface area contributed by atoms with Crippen LogP contribution in [-0.4, -0.2) is 24.1 Å². The van der Waals surface area contributed by atoms with E-state index >= 15 is 0 Å². The van der Waals surface area contributed by atoms with Gasteiger partial charge in [0, 0.05) is 5.41 Å². The number of nitrogens with two attached hydrogens (primary N) is 1. The molecule has 0 saturated heterocycles. The molecule has 0 aromatic heterocycles. The number of nitrogens with one attached hydrogen (secondary N) is 1. The maximum Gasteiger partial charge on any atom is 0.144 e. The minimum atomic E-state index is -0.209. The lowest BCUT2D eigenvalue weighted by molar-refractivity contribution is 0.304. The Kier molecular flexibility index (Phi) is 7.21. The highest BCUT2D eigenvalue weighted by Gasteiger charge is 2.22. The molecule has 1 aliphatic carbocycles. The van der Waals surface area contributed by atoms with E-state index in [0.29, 0.717) is 5.84 Å². The molecule has 1 aliphatic rings. The van der Waals surface area contributed by atoms with E-state index in [0.717, 1.165) is 31.8 Å². The van der Waals surface area contributed by atoms with Crippen molar-refractivity contribution in [2.24, 2.45) is 22.2 Å². The summed E-state index contributed by atoms with van der Waals surface area (Å²) in [6, 6.07) is 0. The van der Waals surface area contributed by atoms with Gasteiger partial charge in [-0.15, -0.1) is 0 Å². The van der Waals surface area contributed by atoms with E-state index in [-0.39, 0.29) is 5.41 Å². The van der Waals surface area contributed by atoms with Gasteiger partial charge in [0.2, 0.25) is 0 Å². The molecule has 0 amide bonds. The Morgan fingerprint density at radius 3 is 2.58 bits per heavy atom. The van der Waals surface area contributed by atoms with Crippen LogP contribution >= 0.6 is 0 Å². The molecule has 19 heavy (non-hydrogen) atoms. The summed E-state index contributed by atoms with van der Waals surface area (Å²) in [4.78, 5) is 0. The van der Waals surface area contributed by atoms with E-state index in [2.05, 4.69) is 10.5 Å². The zero-order chi connectivity index (χ0) is 14.1. The zero-order valence-electron chi connectivity index (χ0n) is 12.6. The van der Waals surface area contributed by atoms with Gasteiger partial charge in [-0.1, -0.05) is 51.1 Å². The van der Waals surface area contributed by atoms with Gasteiger partial charge in [0.25, 0.3) is 0 Å². The van der Waals surface area contributed by atoms with E-state index in [9.17, 15) is 0 Å². The fraction of sp³-hybridized carbons (Fsp3) is 0.933. The molecular weight excluding hydrogens is 238 g/mol. The topological polar surface area (TPSA) is 70.6 Å². The molecule has 0 bridgehead atoms. The summed E-state index contributed by atoms with van der Waals surface area (Å²) in [6.45, 7) is 6.19. The summed E-state index contributed by atoms with van der Waals surface area (Å²) < 4.78 is 0. The lowest BCUT2D eigenvalue weighted by Crippen LogP contribution is -2.32. The van der Waals surface area contributed by atoms with Gasteiger partial charge in [0.1, 0.15) is 5.84 Å². The zero-order valence-corrected chi connectivity index (χ0v) is 12.6. The second-order valence-electron chi connectivity index (χ2n) is 6.52. The van der Waals surface area contributed by atoms with Crippen LogP contribution in [0.25, 0.3) is 0 Å². The molecule has 0 spiro atoms. The van der Waals surface area contributed by atoms with Gasteiger partial charge in [-0.2, -0.15) is 0 Å². The maximum absolute atomic E-state index is 8.70. The van der Waals surface area contributed by atoms with Gasteiger partial charge in [-0.25, -0.2) is 0 Å². The number of rotatable bonds is 8. The summed E-state index contributed by atoms with van der Waals surface area (Å²) in [5.41, 5.74) is 5.46. The smallest absolute Gasteiger partial charge is 0.144 e. The highest BCUT2D eigenvalue weighted by molar-refractivity contribution is 5.85. The van der Waals surface area contributed by atoms with Crippen molar-refractivity contribution in [3.63, 3.8) is 0 Å². The van der Waals surface area contributed by atoms with E-state index in [1.54, 1.807) is 0 Å². The predicted octanol–water partition coefficient (Wildman–Crippen LogP) is 3.10. The SMILES string of the molecule is CC(C)(CCCNCCC1CCCCC1)C(N)=NO. The van der Waals surface area contributed by atoms with Crippen LogP contribution in [0.3, 0.4) is 0 Å². The molecule has 0 aromatic rings. The van der Waals surface area contributed by atoms with Crippen molar-refractivity contribution in [3.05, 3.63) is 0 Å². The average molecular weight is 269 g/mol. The molecule has 0 atom stereocenters. The third-order valence-corrected chi connectivity index (χ3v) is 4.41. The molecule has 1 fully saturated rings. The minimum Gasteiger partial charge on any atom is -0.409 e. The summed E-state index contributed by atoms with van der Waals surface area (Å²) in [7, 11) is 0. The van der Waals surface area contributed by atoms with Crippen molar-refractivity contribution in [1.29, 1.82) is 0 Å². The van der Waals surface area contributed by atoms with Gasteiger partial charge in [0.05, 0.1) is 0 Å². The fourth-order valence-corrected chi connectivity index (χ4v) is 2.83. The normalized spacial score (nSPS) is 18.7.